The van der Waals surface area contributed by atoms with Gasteiger partial charge in [-0.25, -0.2) is 0 Å². The minimum Gasteiger partial charge on any atom is -0.404 e. The van der Waals surface area contributed by atoms with Crippen molar-refractivity contribution in [1.82, 2.24) is 0 Å². The molecule has 4 N–H and O–H groups in total. The van der Waals surface area contributed by atoms with Gasteiger partial charge in [0, 0.05) is 43.6 Å². The Bertz CT molecular complexity index is 345. The van der Waals surface area contributed by atoms with Crippen molar-refractivity contribution in [2.24, 2.45) is 21.5 Å². The van der Waals surface area contributed by atoms with Crippen LogP contribution in [0.4, 0.5) is 0 Å². The molecule has 0 amide bonds. The van der Waals surface area contributed by atoms with Crippen LogP contribution in [0.2, 0.25) is 0 Å². The van der Waals surface area contributed by atoms with Crippen molar-refractivity contribution in [2.75, 3.05) is 13.6 Å². The lowest BCUT2D eigenvalue weighted by Gasteiger charge is -2.07. The van der Waals surface area contributed by atoms with Crippen molar-refractivity contribution in [3.8, 4) is 0 Å². The molecule has 0 aromatic carbocycles. The van der Waals surface area contributed by atoms with Gasteiger partial charge in [0.1, 0.15) is 4.62 Å². The van der Waals surface area contributed by atoms with Gasteiger partial charge >= 0.3 is 0 Å². The second-order valence-electron chi connectivity index (χ2n) is 2.84. The van der Waals surface area contributed by atoms with E-state index in [-0.39, 0.29) is 0 Å². The fraction of sp³-hybridized carbons (Fsp3) is 0.400. The molecule has 4 nitrogen and oxygen atoms in total. The highest BCUT2D eigenvalue weighted by atomic mass is 127. The highest BCUT2D eigenvalue weighted by Crippen LogP contribution is 2.18. The SMILES string of the molecule is CCN=C(Br)C(=CN)CC(=CN)C(I)=NC. The third kappa shape index (κ3) is 5.11. The van der Waals surface area contributed by atoms with E-state index in [1.54, 1.807) is 13.2 Å². The van der Waals surface area contributed by atoms with Gasteiger partial charge in [0.15, 0.2) is 0 Å². The van der Waals surface area contributed by atoms with Crippen LogP contribution in [-0.2, 0) is 0 Å². The molecule has 0 saturated heterocycles. The van der Waals surface area contributed by atoms with Crippen LogP contribution in [0.3, 0.4) is 0 Å². The number of aliphatic imine (C=N–C) groups is 2. The van der Waals surface area contributed by atoms with E-state index in [9.17, 15) is 0 Å². The van der Waals surface area contributed by atoms with Crippen molar-refractivity contribution in [3.63, 3.8) is 0 Å². The highest BCUT2D eigenvalue weighted by Gasteiger charge is 2.09. The van der Waals surface area contributed by atoms with Gasteiger partial charge in [-0.2, -0.15) is 0 Å². The van der Waals surface area contributed by atoms with E-state index in [0.717, 1.165) is 19.5 Å². The van der Waals surface area contributed by atoms with Crippen LogP contribution >= 0.6 is 38.5 Å². The second kappa shape index (κ2) is 8.74. The third-order valence-electron chi connectivity index (χ3n) is 1.81. The first-order valence-corrected chi connectivity index (χ1v) is 6.62. The molecule has 0 unspecified atom stereocenters. The summed E-state index contributed by atoms with van der Waals surface area (Å²) < 4.78 is 1.63. The van der Waals surface area contributed by atoms with Gasteiger partial charge in [0.25, 0.3) is 0 Å². The Morgan fingerprint density at radius 3 is 2.25 bits per heavy atom. The molecule has 0 aliphatic rings. The van der Waals surface area contributed by atoms with E-state index in [0.29, 0.717) is 13.0 Å². The van der Waals surface area contributed by atoms with Crippen LogP contribution in [0, 0.1) is 0 Å². The highest BCUT2D eigenvalue weighted by molar-refractivity contribution is 14.1. The maximum atomic E-state index is 5.57. The van der Waals surface area contributed by atoms with Gasteiger partial charge in [-0.3, -0.25) is 9.98 Å². The Morgan fingerprint density at radius 1 is 1.31 bits per heavy atom. The first kappa shape index (κ1) is 15.6. The van der Waals surface area contributed by atoms with Gasteiger partial charge in [0.2, 0.25) is 0 Å². The van der Waals surface area contributed by atoms with E-state index in [2.05, 4.69) is 48.5 Å². The molecule has 0 fully saturated rings. The summed E-state index contributed by atoms with van der Waals surface area (Å²) in [5.74, 6) is 0. The molecule has 0 radical (unpaired) electrons. The van der Waals surface area contributed by atoms with Crippen molar-refractivity contribution < 1.29 is 0 Å². The molecule has 0 atom stereocenters. The van der Waals surface area contributed by atoms with Gasteiger partial charge < -0.3 is 11.5 Å². The van der Waals surface area contributed by atoms with Crippen molar-refractivity contribution in [3.05, 3.63) is 23.5 Å². The molecule has 0 aliphatic heterocycles. The van der Waals surface area contributed by atoms with E-state index < -0.39 is 0 Å². The summed E-state index contributed by atoms with van der Waals surface area (Å²) in [6.45, 7) is 2.67. The van der Waals surface area contributed by atoms with Crippen LogP contribution in [0.5, 0.6) is 0 Å². The smallest absolute Gasteiger partial charge is 0.105 e. The van der Waals surface area contributed by atoms with Crippen molar-refractivity contribution in [2.45, 2.75) is 13.3 Å². The Hall–Kier alpha value is -0.370. The molecular formula is C10H16BrIN4. The second-order valence-corrected chi connectivity index (χ2v) is 4.61. The average molecular weight is 399 g/mol. The summed E-state index contributed by atoms with van der Waals surface area (Å²) in [4.78, 5) is 8.33. The zero-order valence-electron chi connectivity index (χ0n) is 9.37. The quantitative estimate of drug-likeness (QED) is 0.550. The number of allylic oxidation sites excluding steroid dienone is 2. The molecule has 0 aromatic rings. The zero-order valence-corrected chi connectivity index (χ0v) is 13.1. The molecular weight excluding hydrogens is 383 g/mol. The van der Waals surface area contributed by atoms with E-state index in [1.165, 1.54) is 6.20 Å². The monoisotopic (exact) mass is 398 g/mol. The van der Waals surface area contributed by atoms with Crippen LogP contribution in [0.25, 0.3) is 0 Å². The minimum atomic E-state index is 0.618. The fourth-order valence-electron chi connectivity index (χ4n) is 0.990. The number of hydrogen-bond acceptors (Lipinski definition) is 4. The topological polar surface area (TPSA) is 76.8 Å². The van der Waals surface area contributed by atoms with Crippen molar-refractivity contribution in [1.29, 1.82) is 0 Å². The lowest BCUT2D eigenvalue weighted by atomic mass is 10.1. The number of rotatable bonds is 5. The standard InChI is InChI=1S/C10H16BrIN4/c1-3-16-9(11)7(5-13)4-8(6-14)10(12)15-2/h5-6H,3-4,13-14H2,1-2H3. The fourth-order valence-corrected chi connectivity index (χ4v) is 1.88. The average Bonchev–Trinajstić information content (AvgIpc) is 2.30. The Labute approximate surface area is 118 Å². The largest absolute Gasteiger partial charge is 0.404 e. The molecule has 0 rings (SSSR count). The van der Waals surface area contributed by atoms with Gasteiger partial charge in [-0.1, -0.05) is 0 Å². The summed E-state index contributed by atoms with van der Waals surface area (Å²) in [5, 5.41) is 0. The molecule has 0 spiro atoms. The minimum absolute atomic E-state index is 0.618. The molecule has 90 valence electrons. The van der Waals surface area contributed by atoms with Gasteiger partial charge in [-0.15, -0.1) is 0 Å². The predicted octanol–water partition coefficient (Wildman–Crippen LogP) is 2.34. The molecule has 16 heavy (non-hydrogen) atoms. The predicted molar refractivity (Wildman–Crippen MR) is 83.4 cm³/mol. The van der Waals surface area contributed by atoms with Crippen LogP contribution in [0.1, 0.15) is 13.3 Å². The summed E-state index contributed by atoms with van der Waals surface area (Å²) >= 11 is 5.53. The number of nitrogens with zero attached hydrogens (tertiary/aromatic N) is 2. The van der Waals surface area contributed by atoms with Crippen LogP contribution in [-0.4, -0.2) is 21.9 Å². The van der Waals surface area contributed by atoms with E-state index in [1.807, 2.05) is 6.92 Å². The van der Waals surface area contributed by atoms with E-state index >= 15 is 0 Å². The Morgan fingerprint density at radius 2 is 1.88 bits per heavy atom. The third-order valence-corrected chi connectivity index (χ3v) is 3.74. The Kier molecular flexibility index (Phi) is 8.54. The Balaban J connectivity index is 4.88. The zero-order chi connectivity index (χ0) is 12.6. The molecule has 0 saturated carbocycles. The molecule has 0 aromatic heterocycles. The summed E-state index contributed by atoms with van der Waals surface area (Å²) in [7, 11) is 1.73. The number of nitrogens with two attached hydrogens (primary N) is 2. The van der Waals surface area contributed by atoms with E-state index in [4.69, 9.17) is 11.5 Å². The number of hydrogen-bond donors (Lipinski definition) is 2. The molecule has 0 bridgehead atoms. The first-order valence-electron chi connectivity index (χ1n) is 4.75. The number of halogens is 2. The van der Waals surface area contributed by atoms with Crippen molar-refractivity contribution >= 4 is 46.9 Å². The molecule has 6 heteroatoms. The summed E-state index contributed by atoms with van der Waals surface area (Å²) in [5.41, 5.74) is 13.0. The van der Waals surface area contributed by atoms with Gasteiger partial charge in [0.05, 0.1) is 3.72 Å². The maximum absolute atomic E-state index is 5.57. The molecule has 0 aliphatic carbocycles. The normalized spacial score (nSPS) is 15.5. The van der Waals surface area contributed by atoms with Crippen LogP contribution < -0.4 is 11.5 Å². The summed E-state index contributed by atoms with van der Waals surface area (Å²) in [6, 6.07) is 0. The first-order chi connectivity index (χ1) is 7.60. The molecule has 0 heterocycles. The maximum Gasteiger partial charge on any atom is 0.105 e. The lowest BCUT2D eigenvalue weighted by molar-refractivity contribution is 1.12. The van der Waals surface area contributed by atoms with Gasteiger partial charge in [-0.05, 0) is 45.4 Å². The lowest BCUT2D eigenvalue weighted by Crippen LogP contribution is -2.05. The summed E-state index contributed by atoms with van der Waals surface area (Å²) in [6.07, 6.45) is 3.70. The van der Waals surface area contributed by atoms with Crippen LogP contribution in [0.15, 0.2) is 33.5 Å².